The number of hydrogen-bond donors (Lipinski definition) is 1. The van der Waals surface area contributed by atoms with Crippen LogP contribution in [0, 0.1) is 5.92 Å². The van der Waals surface area contributed by atoms with Crippen LogP contribution in [0.15, 0.2) is 30.3 Å². The highest BCUT2D eigenvalue weighted by Crippen LogP contribution is 2.35. The van der Waals surface area contributed by atoms with Crippen molar-refractivity contribution in [1.29, 1.82) is 0 Å². The molecule has 1 N–H and O–H groups in total. The van der Waals surface area contributed by atoms with Crippen molar-refractivity contribution in [3.05, 3.63) is 35.9 Å². The second-order valence-electron chi connectivity index (χ2n) is 5.03. The predicted molar refractivity (Wildman–Crippen MR) is 73.9 cm³/mol. The summed E-state index contributed by atoms with van der Waals surface area (Å²) in [5.41, 5.74) is 0.445. The lowest BCUT2D eigenvalue weighted by Crippen LogP contribution is -2.28. The van der Waals surface area contributed by atoms with Gasteiger partial charge >= 0.3 is 0 Å². The first-order valence-electron chi connectivity index (χ1n) is 6.94. The van der Waals surface area contributed by atoms with Crippen LogP contribution in [0.5, 0.6) is 0 Å². The van der Waals surface area contributed by atoms with Crippen molar-refractivity contribution in [1.82, 2.24) is 0 Å². The van der Waals surface area contributed by atoms with E-state index in [1.165, 1.54) is 0 Å². The SMILES string of the molecule is CCCC(O)(CC(CC)CC)c1ccccc1. The first-order chi connectivity index (χ1) is 8.16. The Hall–Kier alpha value is -0.820. The molecule has 0 heterocycles. The van der Waals surface area contributed by atoms with E-state index in [4.69, 9.17) is 0 Å². The molecule has 1 heteroatoms. The third-order valence-electron chi connectivity index (χ3n) is 3.76. The van der Waals surface area contributed by atoms with Gasteiger partial charge in [-0.25, -0.2) is 0 Å². The third kappa shape index (κ3) is 3.85. The molecule has 0 bridgehead atoms. The van der Waals surface area contributed by atoms with Crippen molar-refractivity contribution in [2.75, 3.05) is 0 Å². The molecule has 0 aliphatic heterocycles. The Morgan fingerprint density at radius 1 is 1.06 bits per heavy atom. The Kier molecular flexibility index (Phi) is 5.70. The van der Waals surface area contributed by atoms with Gasteiger partial charge in [0.05, 0.1) is 5.60 Å². The van der Waals surface area contributed by atoms with Gasteiger partial charge < -0.3 is 5.11 Å². The smallest absolute Gasteiger partial charge is 0.0899 e. The van der Waals surface area contributed by atoms with Crippen molar-refractivity contribution in [3.63, 3.8) is 0 Å². The monoisotopic (exact) mass is 234 g/mol. The maximum absolute atomic E-state index is 10.9. The van der Waals surface area contributed by atoms with Crippen molar-refractivity contribution in [2.24, 2.45) is 5.92 Å². The van der Waals surface area contributed by atoms with Crippen LogP contribution in [0.2, 0.25) is 0 Å². The van der Waals surface area contributed by atoms with E-state index in [0.29, 0.717) is 5.92 Å². The first-order valence-corrected chi connectivity index (χ1v) is 6.94. The summed E-state index contributed by atoms with van der Waals surface area (Å²) in [5.74, 6) is 0.617. The number of rotatable bonds is 7. The highest BCUT2D eigenvalue weighted by molar-refractivity contribution is 5.22. The van der Waals surface area contributed by atoms with E-state index in [-0.39, 0.29) is 0 Å². The van der Waals surface area contributed by atoms with Crippen molar-refractivity contribution in [2.45, 2.75) is 58.5 Å². The lowest BCUT2D eigenvalue weighted by Gasteiger charge is -2.32. The Morgan fingerprint density at radius 2 is 1.65 bits per heavy atom. The first kappa shape index (κ1) is 14.2. The van der Waals surface area contributed by atoms with E-state index in [9.17, 15) is 5.11 Å². The second-order valence-corrected chi connectivity index (χ2v) is 5.03. The van der Waals surface area contributed by atoms with E-state index in [2.05, 4.69) is 32.9 Å². The minimum atomic E-state index is -0.632. The van der Waals surface area contributed by atoms with E-state index in [1.807, 2.05) is 18.2 Å². The molecular formula is C16H26O. The van der Waals surface area contributed by atoms with Crippen LogP contribution in [-0.4, -0.2) is 5.11 Å². The minimum absolute atomic E-state index is 0.617. The van der Waals surface area contributed by atoms with Crippen LogP contribution in [0.4, 0.5) is 0 Å². The molecule has 96 valence electrons. The van der Waals surface area contributed by atoms with Crippen LogP contribution in [-0.2, 0) is 5.60 Å². The quantitative estimate of drug-likeness (QED) is 0.736. The van der Waals surface area contributed by atoms with Gasteiger partial charge in [0.2, 0.25) is 0 Å². The van der Waals surface area contributed by atoms with Gasteiger partial charge in [-0.15, -0.1) is 0 Å². The molecule has 1 atom stereocenters. The van der Waals surface area contributed by atoms with E-state index in [0.717, 1.165) is 37.7 Å². The molecule has 0 aliphatic carbocycles. The average Bonchev–Trinajstić information content (AvgIpc) is 2.37. The Balaban J connectivity index is 2.89. The fourth-order valence-electron chi connectivity index (χ4n) is 2.58. The summed E-state index contributed by atoms with van der Waals surface area (Å²) < 4.78 is 0. The molecule has 0 aliphatic rings. The molecule has 0 aromatic heterocycles. The normalized spacial score (nSPS) is 14.9. The Labute approximate surface area is 106 Å². The summed E-state index contributed by atoms with van der Waals surface area (Å²) in [7, 11) is 0. The molecule has 1 unspecified atom stereocenters. The molecule has 0 fully saturated rings. The van der Waals surface area contributed by atoms with Crippen LogP contribution < -0.4 is 0 Å². The fourth-order valence-corrected chi connectivity index (χ4v) is 2.58. The number of benzene rings is 1. The zero-order valence-corrected chi connectivity index (χ0v) is 11.4. The molecule has 1 aromatic carbocycles. The number of hydrogen-bond acceptors (Lipinski definition) is 1. The zero-order chi connectivity index (χ0) is 12.7. The molecule has 1 rings (SSSR count). The predicted octanol–water partition coefficient (Wildman–Crippen LogP) is 4.50. The van der Waals surface area contributed by atoms with Gasteiger partial charge in [-0.05, 0) is 24.3 Å². The topological polar surface area (TPSA) is 20.2 Å². The summed E-state index contributed by atoms with van der Waals surface area (Å²) in [4.78, 5) is 0. The number of aliphatic hydroxyl groups is 1. The molecule has 1 aromatic rings. The molecule has 0 saturated carbocycles. The summed E-state index contributed by atoms with van der Waals surface area (Å²) in [6.07, 6.45) is 5.06. The van der Waals surface area contributed by atoms with Gasteiger partial charge in [0, 0.05) is 0 Å². The van der Waals surface area contributed by atoms with Gasteiger partial charge in [-0.1, -0.05) is 70.4 Å². The van der Waals surface area contributed by atoms with Gasteiger partial charge in [-0.2, -0.15) is 0 Å². The van der Waals surface area contributed by atoms with E-state index < -0.39 is 5.60 Å². The Bertz CT molecular complexity index is 303. The van der Waals surface area contributed by atoms with Gasteiger partial charge in [-0.3, -0.25) is 0 Å². The second kappa shape index (κ2) is 6.80. The largest absolute Gasteiger partial charge is 0.385 e. The van der Waals surface area contributed by atoms with Crippen LogP contribution in [0.1, 0.15) is 58.4 Å². The molecule has 17 heavy (non-hydrogen) atoms. The molecular weight excluding hydrogens is 208 g/mol. The van der Waals surface area contributed by atoms with Crippen LogP contribution in [0.3, 0.4) is 0 Å². The molecule has 0 spiro atoms. The maximum atomic E-state index is 10.9. The summed E-state index contributed by atoms with van der Waals surface area (Å²) in [5, 5.41) is 10.9. The highest BCUT2D eigenvalue weighted by atomic mass is 16.3. The van der Waals surface area contributed by atoms with E-state index >= 15 is 0 Å². The molecule has 0 radical (unpaired) electrons. The maximum Gasteiger partial charge on any atom is 0.0899 e. The average molecular weight is 234 g/mol. The highest BCUT2D eigenvalue weighted by Gasteiger charge is 2.30. The van der Waals surface area contributed by atoms with Gasteiger partial charge in [0.25, 0.3) is 0 Å². The third-order valence-corrected chi connectivity index (χ3v) is 3.76. The lowest BCUT2D eigenvalue weighted by atomic mass is 9.80. The summed E-state index contributed by atoms with van der Waals surface area (Å²) >= 11 is 0. The lowest BCUT2D eigenvalue weighted by molar-refractivity contribution is 0.000495. The zero-order valence-electron chi connectivity index (χ0n) is 11.4. The van der Waals surface area contributed by atoms with Crippen molar-refractivity contribution in [3.8, 4) is 0 Å². The summed E-state index contributed by atoms with van der Waals surface area (Å²) in [6.45, 7) is 6.57. The van der Waals surface area contributed by atoms with Gasteiger partial charge in [0.15, 0.2) is 0 Å². The van der Waals surface area contributed by atoms with Crippen LogP contribution >= 0.6 is 0 Å². The van der Waals surface area contributed by atoms with Crippen molar-refractivity contribution >= 4 is 0 Å². The van der Waals surface area contributed by atoms with Crippen LogP contribution in [0.25, 0.3) is 0 Å². The molecule has 0 saturated heterocycles. The standard InChI is InChI=1S/C16H26O/c1-4-12-16(17,13-14(5-2)6-3)15-10-8-7-9-11-15/h7-11,14,17H,4-6,12-13H2,1-3H3. The van der Waals surface area contributed by atoms with Crippen molar-refractivity contribution < 1.29 is 5.11 Å². The van der Waals surface area contributed by atoms with E-state index in [1.54, 1.807) is 0 Å². The molecule has 0 amide bonds. The Morgan fingerprint density at radius 3 is 2.12 bits per heavy atom. The minimum Gasteiger partial charge on any atom is -0.385 e. The molecule has 1 nitrogen and oxygen atoms in total. The summed E-state index contributed by atoms with van der Waals surface area (Å²) in [6, 6.07) is 10.1. The van der Waals surface area contributed by atoms with Gasteiger partial charge in [0.1, 0.15) is 0 Å². The fraction of sp³-hybridized carbons (Fsp3) is 0.625.